The molecule has 1 heterocycles. The number of aromatic nitrogens is 2. The Bertz CT molecular complexity index is 626. The molecule has 0 saturated carbocycles. The van der Waals surface area contributed by atoms with E-state index in [-0.39, 0.29) is 11.9 Å². The highest BCUT2D eigenvalue weighted by atomic mass is 32.2. The Morgan fingerprint density at radius 3 is 2.90 bits per heavy atom. The van der Waals surface area contributed by atoms with Crippen LogP contribution in [0.15, 0.2) is 42.7 Å². The lowest BCUT2D eigenvalue weighted by atomic mass is 10.1. The van der Waals surface area contributed by atoms with Gasteiger partial charge >= 0.3 is 0 Å². The zero-order valence-electron chi connectivity index (χ0n) is 12.2. The zero-order chi connectivity index (χ0) is 15.2. The van der Waals surface area contributed by atoms with E-state index >= 15 is 0 Å². The van der Waals surface area contributed by atoms with Gasteiger partial charge in [-0.05, 0) is 30.7 Å². The van der Waals surface area contributed by atoms with Crippen LogP contribution < -0.4 is 5.32 Å². The number of amides is 1. The molecule has 1 amide bonds. The quantitative estimate of drug-likeness (QED) is 0.881. The maximum Gasteiger partial charge on any atom is 0.251 e. The molecule has 0 spiro atoms. The van der Waals surface area contributed by atoms with Gasteiger partial charge in [-0.1, -0.05) is 12.1 Å². The molecule has 0 unspecified atom stereocenters. The van der Waals surface area contributed by atoms with Crippen LogP contribution in [0.2, 0.25) is 0 Å². The van der Waals surface area contributed by atoms with Crippen molar-refractivity contribution < 1.29 is 9.00 Å². The average molecular weight is 305 g/mol. The van der Waals surface area contributed by atoms with Crippen molar-refractivity contribution in [3.8, 4) is 0 Å². The van der Waals surface area contributed by atoms with E-state index in [1.54, 1.807) is 29.3 Å². The van der Waals surface area contributed by atoms with E-state index in [1.165, 1.54) is 0 Å². The molecular weight excluding hydrogens is 286 g/mol. The molecule has 1 N–H and O–H groups in total. The summed E-state index contributed by atoms with van der Waals surface area (Å²) in [5, 5.41) is 7.05. The zero-order valence-corrected chi connectivity index (χ0v) is 13.0. The van der Waals surface area contributed by atoms with Crippen molar-refractivity contribution in [3.05, 3.63) is 53.9 Å². The minimum atomic E-state index is -0.914. The molecule has 0 aliphatic carbocycles. The van der Waals surface area contributed by atoms with E-state index in [4.69, 9.17) is 0 Å². The van der Waals surface area contributed by atoms with Gasteiger partial charge in [-0.25, -0.2) is 0 Å². The number of nitrogens with one attached hydrogen (secondary N) is 1. The Hall–Kier alpha value is -1.95. The first-order valence-corrected chi connectivity index (χ1v) is 8.44. The van der Waals surface area contributed by atoms with Gasteiger partial charge < -0.3 is 5.32 Å². The average Bonchev–Trinajstić information content (AvgIpc) is 2.90. The molecule has 0 aliphatic heterocycles. The van der Waals surface area contributed by atoms with Gasteiger partial charge in [-0.3, -0.25) is 13.7 Å². The summed E-state index contributed by atoms with van der Waals surface area (Å²) in [7, 11) is -0.914. The predicted octanol–water partition coefficient (Wildman–Crippen LogP) is 1.58. The Morgan fingerprint density at radius 2 is 2.24 bits per heavy atom. The molecule has 0 radical (unpaired) electrons. The van der Waals surface area contributed by atoms with Gasteiger partial charge in [0.05, 0.1) is 6.54 Å². The standard InChI is InChI=1S/C15H19N3O2S/c1-12(10-18-8-4-7-16-18)17-15(19)14-6-3-5-13(9-14)11-21(2)20/h3-9,12H,10-11H2,1-2H3,(H,17,19)/t12-,21-/m0/s1. The molecule has 5 nitrogen and oxygen atoms in total. The monoisotopic (exact) mass is 305 g/mol. The van der Waals surface area contributed by atoms with Crippen LogP contribution in [0, 0.1) is 0 Å². The number of carbonyl (C=O) groups excluding carboxylic acids is 1. The second kappa shape index (κ2) is 7.17. The Kier molecular flexibility index (Phi) is 5.27. The van der Waals surface area contributed by atoms with Gasteiger partial charge in [0.1, 0.15) is 0 Å². The SMILES string of the molecule is C[C@@H](Cn1cccn1)NC(=O)c1cccc(C[S@](C)=O)c1. The fraction of sp³-hybridized carbons (Fsp3) is 0.333. The smallest absolute Gasteiger partial charge is 0.251 e. The van der Waals surface area contributed by atoms with Gasteiger partial charge in [0, 0.05) is 46.8 Å². The first-order chi connectivity index (χ1) is 10.0. The molecule has 0 saturated heterocycles. The van der Waals surface area contributed by atoms with Crippen molar-refractivity contribution in [2.24, 2.45) is 0 Å². The molecule has 2 rings (SSSR count). The van der Waals surface area contributed by atoms with Crippen LogP contribution in [0.25, 0.3) is 0 Å². The normalized spacial score (nSPS) is 13.6. The third-order valence-corrected chi connectivity index (χ3v) is 3.70. The lowest BCUT2D eigenvalue weighted by Gasteiger charge is -2.14. The van der Waals surface area contributed by atoms with Crippen molar-refractivity contribution in [1.82, 2.24) is 15.1 Å². The number of rotatable bonds is 6. The minimum absolute atomic E-state index is 0.0265. The van der Waals surface area contributed by atoms with Crippen LogP contribution in [0.4, 0.5) is 0 Å². The van der Waals surface area contributed by atoms with Crippen LogP contribution in [0.5, 0.6) is 0 Å². The van der Waals surface area contributed by atoms with Crippen molar-refractivity contribution in [2.75, 3.05) is 6.26 Å². The van der Waals surface area contributed by atoms with Crippen LogP contribution in [-0.2, 0) is 23.1 Å². The summed E-state index contributed by atoms with van der Waals surface area (Å²) in [4.78, 5) is 12.2. The predicted molar refractivity (Wildman–Crippen MR) is 83.4 cm³/mol. The maximum absolute atomic E-state index is 12.2. The van der Waals surface area contributed by atoms with E-state index in [2.05, 4.69) is 10.4 Å². The largest absolute Gasteiger partial charge is 0.348 e. The number of hydrogen-bond acceptors (Lipinski definition) is 3. The van der Waals surface area contributed by atoms with Crippen molar-refractivity contribution >= 4 is 16.7 Å². The first-order valence-electron chi connectivity index (χ1n) is 6.72. The second-order valence-corrected chi connectivity index (χ2v) is 6.46. The van der Waals surface area contributed by atoms with E-state index in [0.29, 0.717) is 17.9 Å². The molecule has 1 aromatic heterocycles. The fourth-order valence-electron chi connectivity index (χ4n) is 2.08. The van der Waals surface area contributed by atoms with Crippen molar-refractivity contribution in [1.29, 1.82) is 0 Å². The van der Waals surface area contributed by atoms with Gasteiger partial charge in [-0.2, -0.15) is 5.10 Å². The Labute approximate surface area is 126 Å². The van der Waals surface area contributed by atoms with E-state index < -0.39 is 10.8 Å². The third-order valence-electron chi connectivity index (χ3n) is 2.96. The highest BCUT2D eigenvalue weighted by Crippen LogP contribution is 2.08. The van der Waals surface area contributed by atoms with Gasteiger partial charge in [-0.15, -0.1) is 0 Å². The van der Waals surface area contributed by atoms with E-state index in [0.717, 1.165) is 5.56 Å². The number of carbonyl (C=O) groups is 1. The van der Waals surface area contributed by atoms with Gasteiger partial charge in [0.2, 0.25) is 0 Å². The molecular formula is C15H19N3O2S. The molecule has 2 aromatic rings. The summed E-state index contributed by atoms with van der Waals surface area (Å²) in [6.45, 7) is 2.56. The number of hydrogen-bond donors (Lipinski definition) is 1. The van der Waals surface area contributed by atoms with E-state index in [1.807, 2.05) is 31.3 Å². The van der Waals surface area contributed by atoms with Gasteiger partial charge in [0.15, 0.2) is 0 Å². The van der Waals surface area contributed by atoms with Crippen molar-refractivity contribution in [2.45, 2.75) is 25.3 Å². The molecule has 2 atom stereocenters. The van der Waals surface area contributed by atoms with Gasteiger partial charge in [0.25, 0.3) is 5.91 Å². The maximum atomic E-state index is 12.2. The Morgan fingerprint density at radius 1 is 1.43 bits per heavy atom. The van der Waals surface area contributed by atoms with Crippen LogP contribution in [-0.4, -0.2) is 32.2 Å². The molecule has 0 aliphatic rings. The highest BCUT2D eigenvalue weighted by Gasteiger charge is 2.11. The number of benzene rings is 1. The lowest BCUT2D eigenvalue weighted by molar-refractivity contribution is 0.0936. The molecule has 0 bridgehead atoms. The van der Waals surface area contributed by atoms with Crippen molar-refractivity contribution in [3.63, 3.8) is 0 Å². The molecule has 112 valence electrons. The summed E-state index contributed by atoms with van der Waals surface area (Å²) in [5.41, 5.74) is 1.49. The molecule has 1 aromatic carbocycles. The fourth-order valence-corrected chi connectivity index (χ4v) is 2.73. The van der Waals surface area contributed by atoms with Crippen LogP contribution >= 0.6 is 0 Å². The summed E-state index contributed by atoms with van der Waals surface area (Å²) in [6.07, 6.45) is 5.22. The highest BCUT2D eigenvalue weighted by molar-refractivity contribution is 7.83. The minimum Gasteiger partial charge on any atom is -0.348 e. The van der Waals surface area contributed by atoms with Crippen LogP contribution in [0.3, 0.4) is 0 Å². The summed E-state index contributed by atoms with van der Waals surface area (Å²) in [5.74, 6) is 0.336. The molecule has 0 fully saturated rings. The summed E-state index contributed by atoms with van der Waals surface area (Å²) in [6, 6.07) is 9.07. The second-order valence-electron chi connectivity index (χ2n) is 5.02. The third kappa shape index (κ3) is 4.82. The summed E-state index contributed by atoms with van der Waals surface area (Å²) >= 11 is 0. The lowest BCUT2D eigenvalue weighted by Crippen LogP contribution is -2.35. The topological polar surface area (TPSA) is 64.0 Å². The summed E-state index contributed by atoms with van der Waals surface area (Å²) < 4.78 is 13.0. The number of nitrogens with zero attached hydrogens (tertiary/aromatic N) is 2. The molecule has 6 heteroatoms. The first kappa shape index (κ1) is 15.4. The molecule has 21 heavy (non-hydrogen) atoms. The van der Waals surface area contributed by atoms with E-state index in [9.17, 15) is 9.00 Å². The Balaban J connectivity index is 1.97. The van der Waals surface area contributed by atoms with Crippen LogP contribution in [0.1, 0.15) is 22.8 Å².